The number of hydrogen-bond donors (Lipinski definition) is 4. The first-order valence-corrected chi connectivity index (χ1v) is 12.9. The third-order valence-corrected chi connectivity index (χ3v) is 6.78. The molecule has 0 spiro atoms. The molecule has 3 aromatic rings. The van der Waals surface area contributed by atoms with Crippen LogP contribution >= 0.6 is 0 Å². The summed E-state index contributed by atoms with van der Waals surface area (Å²) in [6.07, 6.45) is 6.68. The topological polar surface area (TPSA) is 141 Å². The smallest absolute Gasteiger partial charge is 0.328 e. The van der Waals surface area contributed by atoms with Crippen molar-refractivity contribution < 1.29 is 9.53 Å². The minimum Gasteiger partial charge on any atom is -0.461 e. The van der Waals surface area contributed by atoms with Crippen LogP contribution < -0.4 is 22.1 Å². The van der Waals surface area contributed by atoms with Crippen LogP contribution in [-0.4, -0.2) is 33.1 Å². The fraction of sp³-hybridized carbons (Fsp3) is 0.429. The number of aromatic nitrogens is 3. The fourth-order valence-electron chi connectivity index (χ4n) is 4.73. The predicted molar refractivity (Wildman–Crippen MR) is 148 cm³/mol. The molecule has 9 heteroatoms. The molecule has 0 unspecified atom stereocenters. The first-order chi connectivity index (χ1) is 17.7. The Morgan fingerprint density at radius 1 is 1.16 bits per heavy atom. The number of fused-ring (bicyclic) bond motifs is 1. The Bertz CT molecular complexity index is 1270. The number of esters is 1. The third kappa shape index (κ3) is 6.47. The molecule has 0 bridgehead atoms. The number of nitrogens with two attached hydrogens (primary N) is 2. The summed E-state index contributed by atoms with van der Waals surface area (Å²) >= 11 is 0. The van der Waals surface area contributed by atoms with Crippen LogP contribution in [0.15, 0.2) is 37.0 Å². The quantitative estimate of drug-likeness (QED) is 0.293. The number of aryl methyl sites for hydroxylation is 1. The molecule has 37 heavy (non-hydrogen) atoms. The molecule has 196 valence electrons. The van der Waals surface area contributed by atoms with E-state index in [-0.39, 0.29) is 18.0 Å². The van der Waals surface area contributed by atoms with Gasteiger partial charge in [-0.1, -0.05) is 32.6 Å². The molecule has 0 saturated heterocycles. The summed E-state index contributed by atoms with van der Waals surface area (Å²) in [7, 11) is 0. The summed E-state index contributed by atoms with van der Waals surface area (Å²) in [5, 5.41) is 7.45. The van der Waals surface area contributed by atoms with Gasteiger partial charge in [0.15, 0.2) is 5.65 Å². The Labute approximate surface area is 218 Å². The van der Waals surface area contributed by atoms with Crippen LogP contribution in [-0.2, 0) is 16.1 Å². The summed E-state index contributed by atoms with van der Waals surface area (Å²) < 4.78 is 5.77. The van der Waals surface area contributed by atoms with Gasteiger partial charge >= 0.3 is 5.97 Å². The Hall–Kier alpha value is -3.88. The number of hydrogen-bond acceptors (Lipinski definition) is 9. The van der Waals surface area contributed by atoms with Crippen molar-refractivity contribution >= 4 is 40.2 Å². The standard InChI is InChI=1S/C28H37N7O2/c1-16(2)13-23(27(36)37-22-7-5-6-8-22)33-18(4)19-9-11-21(12-10-19)31-14-20-15-32-26-24(17(20)3)25(29)34-28(30)35-26/h9-12,15-16,22-23,31,33H,4-8,13-14H2,1-3H3,(H4,29,30,32,34,35)/t23-/m0/s1. The number of carbonyl (C=O) groups excluding carboxylic acids is 1. The molecule has 1 atom stereocenters. The lowest BCUT2D eigenvalue weighted by Gasteiger charge is -2.23. The molecule has 1 aromatic carbocycles. The van der Waals surface area contributed by atoms with Crippen molar-refractivity contribution in [2.45, 2.75) is 71.6 Å². The van der Waals surface area contributed by atoms with E-state index in [0.29, 0.717) is 41.4 Å². The fourth-order valence-corrected chi connectivity index (χ4v) is 4.73. The minimum absolute atomic E-state index is 0.0473. The van der Waals surface area contributed by atoms with E-state index in [0.717, 1.165) is 48.1 Å². The van der Waals surface area contributed by atoms with Crippen molar-refractivity contribution in [3.8, 4) is 0 Å². The number of rotatable bonds is 10. The number of nitrogen functional groups attached to an aromatic ring is 2. The highest BCUT2D eigenvalue weighted by atomic mass is 16.5. The Balaban J connectivity index is 1.39. The largest absolute Gasteiger partial charge is 0.461 e. The molecule has 6 N–H and O–H groups in total. The van der Waals surface area contributed by atoms with Crippen LogP contribution in [0.2, 0.25) is 0 Å². The normalized spacial score (nSPS) is 14.6. The lowest BCUT2D eigenvalue weighted by atomic mass is 10.0. The van der Waals surface area contributed by atoms with Gasteiger partial charge in [0.05, 0.1) is 5.39 Å². The molecule has 2 aromatic heterocycles. The van der Waals surface area contributed by atoms with E-state index in [4.69, 9.17) is 16.2 Å². The maximum atomic E-state index is 12.9. The van der Waals surface area contributed by atoms with Gasteiger partial charge in [-0.3, -0.25) is 0 Å². The monoisotopic (exact) mass is 503 g/mol. The van der Waals surface area contributed by atoms with Crippen molar-refractivity contribution in [2.24, 2.45) is 5.92 Å². The summed E-state index contributed by atoms with van der Waals surface area (Å²) in [6, 6.07) is 7.51. The van der Waals surface area contributed by atoms with Gasteiger partial charge < -0.3 is 26.8 Å². The van der Waals surface area contributed by atoms with E-state index in [1.165, 1.54) is 0 Å². The Kier molecular flexibility index (Phi) is 8.11. The number of nitrogens with zero attached hydrogens (tertiary/aromatic N) is 3. The van der Waals surface area contributed by atoms with Gasteiger partial charge in [-0.05, 0) is 73.8 Å². The number of carbonyl (C=O) groups is 1. The molecule has 0 amide bonds. The van der Waals surface area contributed by atoms with Gasteiger partial charge in [-0.2, -0.15) is 9.97 Å². The summed E-state index contributed by atoms with van der Waals surface area (Å²) in [6.45, 7) is 10.9. The van der Waals surface area contributed by atoms with E-state index >= 15 is 0 Å². The van der Waals surface area contributed by atoms with Gasteiger partial charge in [-0.25, -0.2) is 9.78 Å². The number of anilines is 3. The molecule has 1 fully saturated rings. The number of ether oxygens (including phenoxy) is 1. The number of nitrogens with one attached hydrogen (secondary N) is 2. The van der Waals surface area contributed by atoms with Gasteiger partial charge in [0, 0.05) is 24.1 Å². The van der Waals surface area contributed by atoms with E-state index in [2.05, 4.69) is 46.0 Å². The zero-order valence-electron chi connectivity index (χ0n) is 21.9. The SMILES string of the molecule is C=C(N[C@@H](CC(C)C)C(=O)OC1CCCC1)c1ccc(NCc2cnc3nc(N)nc(N)c3c2C)cc1. The van der Waals surface area contributed by atoms with Crippen molar-refractivity contribution in [3.05, 3.63) is 53.7 Å². The van der Waals surface area contributed by atoms with Gasteiger partial charge in [0.25, 0.3) is 0 Å². The molecule has 4 rings (SSSR count). The van der Waals surface area contributed by atoms with Crippen LogP contribution in [0, 0.1) is 12.8 Å². The van der Waals surface area contributed by atoms with E-state index < -0.39 is 6.04 Å². The van der Waals surface area contributed by atoms with Crippen molar-refractivity contribution in [1.82, 2.24) is 20.3 Å². The highest BCUT2D eigenvalue weighted by Gasteiger charge is 2.26. The van der Waals surface area contributed by atoms with E-state index in [1.807, 2.05) is 31.2 Å². The maximum Gasteiger partial charge on any atom is 0.328 e. The molecular weight excluding hydrogens is 466 g/mol. The third-order valence-electron chi connectivity index (χ3n) is 6.78. The zero-order chi connectivity index (χ0) is 26.5. The lowest BCUT2D eigenvalue weighted by Crippen LogP contribution is -2.39. The molecular formula is C28H37N7O2. The molecule has 1 aliphatic rings. The van der Waals surface area contributed by atoms with Crippen LogP contribution in [0.3, 0.4) is 0 Å². The first kappa shape index (κ1) is 26.2. The van der Waals surface area contributed by atoms with Crippen LogP contribution in [0.5, 0.6) is 0 Å². The maximum absolute atomic E-state index is 12.9. The summed E-state index contributed by atoms with van der Waals surface area (Å²) in [4.78, 5) is 25.5. The average molecular weight is 504 g/mol. The summed E-state index contributed by atoms with van der Waals surface area (Å²) in [5.41, 5.74) is 16.7. The number of pyridine rings is 1. The first-order valence-electron chi connectivity index (χ1n) is 12.9. The Morgan fingerprint density at radius 2 is 1.86 bits per heavy atom. The molecule has 2 heterocycles. The van der Waals surface area contributed by atoms with Crippen LogP contribution in [0.25, 0.3) is 16.7 Å². The second-order valence-electron chi connectivity index (χ2n) is 10.2. The average Bonchev–Trinajstić information content (AvgIpc) is 3.36. The molecule has 0 aliphatic heterocycles. The minimum atomic E-state index is -0.416. The molecule has 9 nitrogen and oxygen atoms in total. The van der Waals surface area contributed by atoms with Gasteiger partial charge in [-0.15, -0.1) is 0 Å². The highest BCUT2D eigenvalue weighted by Crippen LogP contribution is 2.25. The van der Waals surface area contributed by atoms with E-state index in [1.54, 1.807) is 6.20 Å². The second kappa shape index (κ2) is 11.5. The summed E-state index contributed by atoms with van der Waals surface area (Å²) in [5.74, 6) is 0.598. The van der Waals surface area contributed by atoms with Crippen LogP contribution in [0.1, 0.15) is 62.6 Å². The lowest BCUT2D eigenvalue weighted by molar-refractivity contribution is -0.151. The second-order valence-corrected chi connectivity index (χ2v) is 10.2. The van der Waals surface area contributed by atoms with Crippen molar-refractivity contribution in [2.75, 3.05) is 16.8 Å². The highest BCUT2D eigenvalue weighted by molar-refractivity contribution is 5.90. The molecule has 1 saturated carbocycles. The predicted octanol–water partition coefficient (Wildman–Crippen LogP) is 4.57. The molecule has 1 aliphatic carbocycles. The van der Waals surface area contributed by atoms with Gasteiger partial charge in [0.1, 0.15) is 18.0 Å². The number of benzene rings is 1. The van der Waals surface area contributed by atoms with Crippen molar-refractivity contribution in [1.29, 1.82) is 0 Å². The Morgan fingerprint density at radius 3 is 2.54 bits per heavy atom. The van der Waals surface area contributed by atoms with Crippen LogP contribution in [0.4, 0.5) is 17.5 Å². The van der Waals surface area contributed by atoms with Crippen molar-refractivity contribution in [3.63, 3.8) is 0 Å². The van der Waals surface area contributed by atoms with Gasteiger partial charge in [0.2, 0.25) is 5.95 Å². The molecule has 0 radical (unpaired) electrons. The van der Waals surface area contributed by atoms with E-state index in [9.17, 15) is 4.79 Å². The zero-order valence-corrected chi connectivity index (χ0v) is 21.9.